The van der Waals surface area contributed by atoms with Crippen molar-refractivity contribution in [3.63, 3.8) is 0 Å². The fourth-order valence-corrected chi connectivity index (χ4v) is 10.1. The van der Waals surface area contributed by atoms with Crippen molar-refractivity contribution < 1.29 is 0 Å². The van der Waals surface area contributed by atoms with E-state index in [4.69, 9.17) is 11.6 Å². The minimum atomic E-state index is -0.793. The summed E-state index contributed by atoms with van der Waals surface area (Å²) in [4.78, 5) is 1.39. The Kier molecular flexibility index (Phi) is 10.9. The molecule has 22 heavy (non-hydrogen) atoms. The summed E-state index contributed by atoms with van der Waals surface area (Å²) in [5, 5.41) is 0.841. The van der Waals surface area contributed by atoms with Gasteiger partial charge in [-0.3, -0.25) is 0 Å². The average Bonchev–Trinajstić information content (AvgIpc) is 2.55. The molecule has 0 aliphatic carbocycles. The highest BCUT2D eigenvalue weighted by Gasteiger charge is 2.35. The first-order valence-electron chi connectivity index (χ1n) is 8.89. The Labute approximate surface area is 148 Å². The molecule has 126 valence electrons. The molecule has 0 heterocycles. The summed E-state index contributed by atoms with van der Waals surface area (Å²) >= 11 is 8.08. The molecular formula is C19H33ClPS+. The van der Waals surface area contributed by atoms with Gasteiger partial charge in [0, 0.05) is 17.2 Å². The van der Waals surface area contributed by atoms with Crippen LogP contribution in [0.5, 0.6) is 0 Å². The van der Waals surface area contributed by atoms with Crippen molar-refractivity contribution in [3.8, 4) is 0 Å². The molecule has 3 heteroatoms. The Hall–Kier alpha value is 0.290. The van der Waals surface area contributed by atoms with Crippen LogP contribution in [0, 0.1) is 0 Å². The molecule has 0 aromatic heterocycles. The molecule has 0 aliphatic rings. The first kappa shape index (κ1) is 20.3. The molecule has 1 aromatic carbocycles. The third-order valence-corrected chi connectivity index (χ3v) is 11.6. The fraction of sp³-hybridized carbons (Fsp3) is 0.684. The number of thioether (sulfide) groups is 1. The van der Waals surface area contributed by atoms with E-state index in [9.17, 15) is 0 Å². The predicted octanol–water partition coefficient (Wildman–Crippen LogP) is 7.81. The van der Waals surface area contributed by atoms with Crippen LogP contribution in [0.3, 0.4) is 0 Å². The maximum Gasteiger partial charge on any atom is 0.109 e. The molecule has 0 atom stereocenters. The summed E-state index contributed by atoms with van der Waals surface area (Å²) in [5.74, 6) is 0. The third-order valence-electron chi connectivity index (χ3n) is 4.28. The van der Waals surface area contributed by atoms with Gasteiger partial charge >= 0.3 is 0 Å². The van der Waals surface area contributed by atoms with Crippen molar-refractivity contribution in [1.29, 1.82) is 0 Å². The van der Waals surface area contributed by atoms with Gasteiger partial charge in [0.2, 0.25) is 0 Å². The number of hydrogen-bond donors (Lipinski definition) is 0. The highest BCUT2D eigenvalue weighted by molar-refractivity contribution is 8.07. The van der Waals surface area contributed by atoms with E-state index in [-0.39, 0.29) is 0 Å². The minimum Gasteiger partial charge on any atom is -0.0854 e. The lowest BCUT2D eigenvalue weighted by molar-refractivity contribution is 0.837. The quantitative estimate of drug-likeness (QED) is 0.271. The van der Waals surface area contributed by atoms with Crippen LogP contribution in [0.15, 0.2) is 29.2 Å². The van der Waals surface area contributed by atoms with E-state index in [0.717, 1.165) is 5.02 Å². The van der Waals surface area contributed by atoms with E-state index >= 15 is 0 Å². The molecule has 1 rings (SSSR count). The summed E-state index contributed by atoms with van der Waals surface area (Å²) in [6.45, 7) is 7.00. The smallest absolute Gasteiger partial charge is 0.0854 e. The van der Waals surface area contributed by atoms with E-state index in [2.05, 4.69) is 44.7 Å². The molecule has 0 N–H and O–H groups in total. The van der Waals surface area contributed by atoms with Crippen LogP contribution >= 0.6 is 30.6 Å². The summed E-state index contributed by atoms with van der Waals surface area (Å²) in [6, 6.07) is 8.41. The van der Waals surface area contributed by atoms with Crippen LogP contribution in [0.1, 0.15) is 59.3 Å². The van der Waals surface area contributed by atoms with E-state index < -0.39 is 7.26 Å². The van der Waals surface area contributed by atoms with Gasteiger partial charge in [-0.1, -0.05) is 63.4 Å². The molecule has 0 saturated heterocycles. The first-order valence-corrected chi connectivity index (χ1v) is 12.8. The van der Waals surface area contributed by atoms with E-state index in [0.29, 0.717) is 0 Å². The Morgan fingerprint density at radius 1 is 0.818 bits per heavy atom. The van der Waals surface area contributed by atoms with Gasteiger partial charge in [-0.15, -0.1) is 0 Å². The number of rotatable bonds is 12. The molecule has 0 aliphatic heterocycles. The van der Waals surface area contributed by atoms with Gasteiger partial charge in [0.05, 0.1) is 18.5 Å². The molecule has 0 fully saturated rings. The average molecular weight is 360 g/mol. The lowest BCUT2D eigenvalue weighted by atomic mass is 10.4. The summed E-state index contributed by atoms with van der Waals surface area (Å²) in [7, 11) is -0.793. The largest absolute Gasteiger partial charge is 0.109 e. The molecule has 0 spiro atoms. The van der Waals surface area contributed by atoms with Crippen molar-refractivity contribution in [2.75, 3.05) is 24.0 Å². The molecule has 0 amide bonds. The van der Waals surface area contributed by atoms with Gasteiger partial charge in [0.25, 0.3) is 0 Å². The number of benzene rings is 1. The minimum absolute atomic E-state index is 0.793. The predicted molar refractivity (Wildman–Crippen MR) is 108 cm³/mol. The lowest BCUT2D eigenvalue weighted by Gasteiger charge is -2.27. The highest BCUT2D eigenvalue weighted by atomic mass is 35.5. The van der Waals surface area contributed by atoms with Gasteiger partial charge in [-0.05, 0) is 43.5 Å². The van der Waals surface area contributed by atoms with Crippen molar-refractivity contribution in [1.82, 2.24) is 0 Å². The second kappa shape index (κ2) is 11.8. The fourth-order valence-electron chi connectivity index (χ4n) is 2.75. The van der Waals surface area contributed by atoms with Gasteiger partial charge in [-0.2, -0.15) is 0 Å². The van der Waals surface area contributed by atoms with Crippen LogP contribution in [0.2, 0.25) is 5.02 Å². The monoisotopic (exact) mass is 359 g/mol. The maximum atomic E-state index is 6.00. The molecule has 0 radical (unpaired) electrons. The van der Waals surface area contributed by atoms with Crippen LogP contribution in [0.25, 0.3) is 0 Å². The summed E-state index contributed by atoms with van der Waals surface area (Å²) < 4.78 is 0. The number of halogens is 1. The van der Waals surface area contributed by atoms with Gasteiger partial charge in [0.15, 0.2) is 0 Å². The van der Waals surface area contributed by atoms with E-state index in [1.54, 1.807) is 0 Å². The van der Waals surface area contributed by atoms with Gasteiger partial charge in [-0.25, -0.2) is 0 Å². The second-order valence-corrected chi connectivity index (χ2v) is 12.6. The molecule has 0 nitrogen and oxygen atoms in total. The standard InChI is InChI=1S/C19H33ClPS/c1-4-7-14-21(15-8-5-2,16-9-6-3)17-22-19-12-10-18(20)11-13-19/h10-13H,4-9,14-17H2,1-3H3/q+1. The van der Waals surface area contributed by atoms with Crippen molar-refractivity contribution in [2.24, 2.45) is 0 Å². The van der Waals surface area contributed by atoms with Gasteiger partial charge in [0.1, 0.15) is 5.49 Å². The van der Waals surface area contributed by atoms with Crippen molar-refractivity contribution in [2.45, 2.75) is 64.2 Å². The lowest BCUT2D eigenvalue weighted by Crippen LogP contribution is -2.11. The van der Waals surface area contributed by atoms with E-state index in [1.165, 1.54) is 67.4 Å². The maximum absolute atomic E-state index is 6.00. The molecule has 0 bridgehead atoms. The topological polar surface area (TPSA) is 0 Å². The van der Waals surface area contributed by atoms with Gasteiger partial charge < -0.3 is 0 Å². The SMILES string of the molecule is CCCC[P+](CCCC)(CCCC)CSc1ccc(Cl)cc1. The zero-order valence-electron chi connectivity index (χ0n) is 14.6. The summed E-state index contributed by atoms with van der Waals surface area (Å²) in [6.07, 6.45) is 12.8. The Morgan fingerprint density at radius 3 is 1.68 bits per heavy atom. The normalized spacial score (nSPS) is 11.8. The molecule has 1 aromatic rings. The zero-order valence-corrected chi connectivity index (χ0v) is 17.1. The van der Waals surface area contributed by atoms with Crippen molar-refractivity contribution in [3.05, 3.63) is 29.3 Å². The van der Waals surface area contributed by atoms with Crippen LogP contribution < -0.4 is 0 Å². The van der Waals surface area contributed by atoms with Crippen LogP contribution in [0.4, 0.5) is 0 Å². The van der Waals surface area contributed by atoms with E-state index in [1.807, 2.05) is 12.1 Å². The molecular weight excluding hydrogens is 327 g/mol. The van der Waals surface area contributed by atoms with Crippen molar-refractivity contribution >= 4 is 30.6 Å². The second-order valence-electron chi connectivity index (χ2n) is 6.30. The highest BCUT2D eigenvalue weighted by Crippen LogP contribution is 2.63. The Balaban J connectivity index is 2.72. The Bertz CT molecular complexity index is 369. The molecule has 0 saturated carbocycles. The molecule has 0 unspecified atom stereocenters. The summed E-state index contributed by atoms with van der Waals surface area (Å²) in [5.41, 5.74) is 1.37. The third kappa shape index (κ3) is 7.71. The first-order chi connectivity index (χ1) is 10.7. The van der Waals surface area contributed by atoms with Crippen LogP contribution in [-0.2, 0) is 0 Å². The number of hydrogen-bond acceptors (Lipinski definition) is 1. The number of unbranched alkanes of at least 4 members (excludes halogenated alkanes) is 3. The van der Waals surface area contributed by atoms with Crippen LogP contribution in [-0.4, -0.2) is 24.0 Å². The zero-order chi connectivity index (χ0) is 16.3. The Morgan fingerprint density at radius 2 is 1.27 bits per heavy atom.